The smallest absolute Gasteiger partial charge is 0.309 e. The van der Waals surface area contributed by atoms with Crippen LogP contribution in [0, 0.1) is 0 Å². The molecule has 0 aliphatic rings. The van der Waals surface area contributed by atoms with Crippen molar-refractivity contribution in [3.8, 4) is 0 Å². The molecule has 1 unspecified atom stereocenters. The number of hydrogen-bond acceptors (Lipinski definition) is 3. The zero-order valence-corrected chi connectivity index (χ0v) is 12.4. The minimum atomic E-state index is -2.91. The number of aryl methyl sites for hydroxylation is 1. The fraction of sp³-hybridized carbons (Fsp3) is 0.571. The van der Waals surface area contributed by atoms with E-state index in [2.05, 4.69) is 12.1 Å². The van der Waals surface area contributed by atoms with Crippen LogP contribution in [-0.4, -0.2) is 18.9 Å². The second-order valence-electron chi connectivity index (χ2n) is 4.47. The topological polar surface area (TPSA) is 35.5 Å². The molecule has 102 valence electrons. The van der Waals surface area contributed by atoms with Crippen LogP contribution in [0.25, 0.3) is 0 Å². The Morgan fingerprint density at radius 3 is 2.39 bits per heavy atom. The largest absolute Gasteiger partial charge is 0.333 e. The molecule has 0 amide bonds. The van der Waals surface area contributed by atoms with Crippen LogP contribution >= 0.6 is 7.60 Å². The van der Waals surface area contributed by atoms with Crippen molar-refractivity contribution in [2.75, 3.05) is 13.2 Å². The van der Waals surface area contributed by atoms with Gasteiger partial charge in [-0.2, -0.15) is 0 Å². The van der Waals surface area contributed by atoms with Gasteiger partial charge < -0.3 is 9.05 Å². The van der Waals surface area contributed by atoms with Crippen LogP contribution in [0.1, 0.15) is 32.8 Å². The summed E-state index contributed by atoms with van der Waals surface area (Å²) in [4.78, 5) is 0. The summed E-state index contributed by atoms with van der Waals surface area (Å²) in [5.41, 5.74) is 1.19. The number of hydrogen-bond donors (Lipinski definition) is 0. The molecule has 4 heteroatoms. The highest BCUT2D eigenvalue weighted by molar-refractivity contribution is 7.54. The quantitative estimate of drug-likeness (QED) is 0.522. The lowest BCUT2D eigenvalue weighted by molar-refractivity contribution is 0.204. The molecular formula is C14H23O3P. The van der Waals surface area contributed by atoms with Gasteiger partial charge in [0.1, 0.15) is 0 Å². The van der Waals surface area contributed by atoms with Gasteiger partial charge in [0.25, 0.3) is 0 Å². The van der Waals surface area contributed by atoms with Crippen LogP contribution < -0.4 is 0 Å². The Morgan fingerprint density at radius 2 is 1.83 bits per heavy atom. The summed E-state index contributed by atoms with van der Waals surface area (Å²) in [6.45, 7) is 6.47. The summed E-state index contributed by atoms with van der Waals surface area (Å²) in [7, 11) is -2.91. The summed E-state index contributed by atoms with van der Waals surface area (Å²) >= 11 is 0. The van der Waals surface area contributed by atoms with E-state index in [4.69, 9.17) is 9.05 Å². The molecule has 0 fully saturated rings. The van der Waals surface area contributed by atoms with E-state index in [0.717, 1.165) is 12.8 Å². The molecule has 0 aliphatic heterocycles. The maximum absolute atomic E-state index is 12.3. The second kappa shape index (κ2) is 7.73. The molecule has 1 rings (SSSR count). The van der Waals surface area contributed by atoms with Crippen molar-refractivity contribution in [3.63, 3.8) is 0 Å². The lowest BCUT2D eigenvalue weighted by Gasteiger charge is -2.21. The molecule has 0 aliphatic carbocycles. The molecule has 0 saturated heterocycles. The van der Waals surface area contributed by atoms with Crippen LogP contribution in [0.15, 0.2) is 30.3 Å². The molecule has 0 bridgehead atoms. The van der Waals surface area contributed by atoms with E-state index in [9.17, 15) is 4.57 Å². The van der Waals surface area contributed by atoms with Crippen LogP contribution in [0.5, 0.6) is 0 Å². The molecule has 0 spiro atoms. The molecular weight excluding hydrogens is 247 g/mol. The number of benzene rings is 1. The Morgan fingerprint density at radius 1 is 1.17 bits per heavy atom. The Hall–Kier alpha value is -0.630. The van der Waals surface area contributed by atoms with Crippen molar-refractivity contribution in [1.29, 1.82) is 0 Å². The summed E-state index contributed by atoms with van der Waals surface area (Å²) in [5.74, 6) is 0. The molecule has 1 aromatic rings. The lowest BCUT2D eigenvalue weighted by atomic mass is 10.1. The average Bonchev–Trinajstić information content (AvgIpc) is 2.36. The van der Waals surface area contributed by atoms with Gasteiger partial charge in [-0.1, -0.05) is 44.2 Å². The van der Waals surface area contributed by atoms with E-state index < -0.39 is 7.60 Å². The maximum Gasteiger partial charge on any atom is 0.333 e. The van der Waals surface area contributed by atoms with Gasteiger partial charge in [0.05, 0.1) is 18.9 Å². The summed E-state index contributed by atoms with van der Waals surface area (Å²) in [6.07, 6.45) is 1.79. The first-order valence-electron chi connectivity index (χ1n) is 6.51. The highest BCUT2D eigenvalue weighted by atomic mass is 31.2. The Labute approximate surface area is 110 Å². The summed E-state index contributed by atoms with van der Waals surface area (Å²) in [6, 6.07) is 10.2. The summed E-state index contributed by atoms with van der Waals surface area (Å²) < 4.78 is 23.0. The third-order valence-corrected chi connectivity index (χ3v) is 5.09. The third-order valence-electron chi connectivity index (χ3n) is 2.67. The van der Waals surface area contributed by atoms with Crippen LogP contribution in [-0.2, 0) is 20.0 Å². The van der Waals surface area contributed by atoms with Crippen molar-refractivity contribution < 1.29 is 13.6 Å². The third kappa shape index (κ3) is 4.93. The van der Waals surface area contributed by atoms with Gasteiger partial charge in [0.15, 0.2) is 0 Å². The predicted molar refractivity (Wildman–Crippen MR) is 75.1 cm³/mol. The maximum atomic E-state index is 12.3. The summed E-state index contributed by atoms with van der Waals surface area (Å²) in [5, 5.41) is 0. The normalized spacial score (nSPS) is 14.7. The Balaban J connectivity index is 2.34. The van der Waals surface area contributed by atoms with Gasteiger partial charge in [-0.25, -0.2) is 0 Å². The van der Waals surface area contributed by atoms with E-state index >= 15 is 0 Å². The van der Waals surface area contributed by atoms with Crippen molar-refractivity contribution >= 4 is 7.60 Å². The van der Waals surface area contributed by atoms with Crippen LogP contribution in [0.3, 0.4) is 0 Å². The molecule has 0 heterocycles. The molecule has 3 nitrogen and oxygen atoms in total. The standard InChI is InChI=1S/C14H23O3P/c1-4-16-18(15,13(2)3)17-12-8-11-14-9-6-5-7-10-14/h5-7,9-10,13H,4,8,11-12H2,1-3H3. The fourth-order valence-corrected chi connectivity index (χ4v) is 3.04. The molecule has 0 N–H and O–H groups in total. The Bertz CT molecular complexity index is 376. The molecule has 18 heavy (non-hydrogen) atoms. The fourth-order valence-electron chi connectivity index (χ4n) is 1.63. The van der Waals surface area contributed by atoms with E-state index in [1.807, 2.05) is 39.0 Å². The van der Waals surface area contributed by atoms with E-state index in [1.165, 1.54) is 5.56 Å². The van der Waals surface area contributed by atoms with Crippen LogP contribution in [0.2, 0.25) is 0 Å². The van der Waals surface area contributed by atoms with Gasteiger partial charge >= 0.3 is 7.60 Å². The first-order chi connectivity index (χ1) is 8.58. The van der Waals surface area contributed by atoms with Gasteiger partial charge in [0.2, 0.25) is 0 Å². The SMILES string of the molecule is CCOP(=O)(OCCCc1ccccc1)C(C)C. The Kier molecular flexibility index (Phi) is 6.62. The van der Waals surface area contributed by atoms with Gasteiger partial charge in [0, 0.05) is 0 Å². The molecule has 0 radical (unpaired) electrons. The van der Waals surface area contributed by atoms with Crippen molar-refractivity contribution in [2.45, 2.75) is 39.3 Å². The van der Waals surface area contributed by atoms with Gasteiger partial charge in [-0.05, 0) is 25.3 Å². The molecule has 0 saturated carbocycles. The van der Waals surface area contributed by atoms with E-state index in [1.54, 1.807) is 0 Å². The highest BCUT2D eigenvalue weighted by Gasteiger charge is 2.28. The van der Waals surface area contributed by atoms with Gasteiger partial charge in [-0.3, -0.25) is 4.57 Å². The average molecular weight is 270 g/mol. The minimum absolute atomic E-state index is 0.0887. The van der Waals surface area contributed by atoms with Crippen molar-refractivity contribution in [3.05, 3.63) is 35.9 Å². The molecule has 1 aromatic carbocycles. The van der Waals surface area contributed by atoms with E-state index in [0.29, 0.717) is 13.2 Å². The molecule has 1 atom stereocenters. The highest BCUT2D eigenvalue weighted by Crippen LogP contribution is 2.52. The number of rotatable bonds is 8. The van der Waals surface area contributed by atoms with Crippen molar-refractivity contribution in [2.24, 2.45) is 0 Å². The first-order valence-corrected chi connectivity index (χ1v) is 8.12. The zero-order valence-electron chi connectivity index (χ0n) is 11.5. The second-order valence-corrected chi connectivity index (χ2v) is 7.10. The monoisotopic (exact) mass is 270 g/mol. The lowest BCUT2D eigenvalue weighted by Crippen LogP contribution is -2.07. The van der Waals surface area contributed by atoms with Crippen LogP contribution in [0.4, 0.5) is 0 Å². The first kappa shape index (κ1) is 15.4. The predicted octanol–water partition coefficient (Wildman–Crippen LogP) is 4.27. The van der Waals surface area contributed by atoms with E-state index in [-0.39, 0.29) is 5.66 Å². The zero-order chi connectivity index (χ0) is 13.4. The minimum Gasteiger partial charge on any atom is -0.309 e. The van der Waals surface area contributed by atoms with Crippen molar-refractivity contribution in [1.82, 2.24) is 0 Å². The molecule has 0 aromatic heterocycles. The van der Waals surface area contributed by atoms with Gasteiger partial charge in [-0.15, -0.1) is 0 Å².